The average Bonchev–Trinajstić information content (AvgIpc) is 3.09. The van der Waals surface area contributed by atoms with Crippen molar-refractivity contribution in [2.75, 3.05) is 26.2 Å². The molecule has 0 radical (unpaired) electrons. The molecule has 28 heavy (non-hydrogen) atoms. The topological polar surface area (TPSA) is 83.9 Å². The maximum Gasteiger partial charge on any atom is 0.274 e. The number of halogens is 2. The minimum absolute atomic E-state index is 0. The summed E-state index contributed by atoms with van der Waals surface area (Å²) in [6, 6.07) is 6.07. The zero-order valence-electron chi connectivity index (χ0n) is 15.9. The molecule has 0 unspecified atom stereocenters. The fourth-order valence-electron chi connectivity index (χ4n) is 4.38. The Hall–Kier alpha value is -1.83. The molecule has 2 fully saturated rings. The van der Waals surface area contributed by atoms with Crippen LogP contribution in [0, 0.1) is 12.8 Å². The fourth-order valence-corrected chi connectivity index (χ4v) is 4.38. The van der Waals surface area contributed by atoms with Crippen molar-refractivity contribution in [2.45, 2.75) is 32.2 Å². The van der Waals surface area contributed by atoms with Gasteiger partial charge >= 0.3 is 0 Å². The van der Waals surface area contributed by atoms with Crippen molar-refractivity contribution in [1.29, 1.82) is 0 Å². The van der Waals surface area contributed by atoms with E-state index in [9.17, 15) is 9.59 Å². The number of pyridine rings is 1. The van der Waals surface area contributed by atoms with Crippen LogP contribution in [-0.4, -0.2) is 63.2 Å². The molecule has 2 aliphatic rings. The number of carbonyl (C=O) groups is 2. The minimum atomic E-state index is -0.0196. The van der Waals surface area contributed by atoms with Crippen LogP contribution >= 0.6 is 24.8 Å². The summed E-state index contributed by atoms with van der Waals surface area (Å²) in [4.78, 5) is 33.5. The molecule has 4 heterocycles. The third kappa shape index (κ3) is 3.97. The van der Waals surface area contributed by atoms with Gasteiger partial charge in [0.1, 0.15) is 11.3 Å². The zero-order chi connectivity index (χ0) is 18.3. The van der Waals surface area contributed by atoms with Crippen molar-refractivity contribution in [2.24, 2.45) is 11.7 Å². The van der Waals surface area contributed by atoms with Crippen molar-refractivity contribution in [1.82, 2.24) is 19.2 Å². The second-order valence-electron chi connectivity index (χ2n) is 7.30. The number of imidazole rings is 1. The van der Waals surface area contributed by atoms with Gasteiger partial charge in [0, 0.05) is 50.5 Å². The Kier molecular flexibility index (Phi) is 7.31. The molecule has 2 aromatic heterocycles. The van der Waals surface area contributed by atoms with E-state index < -0.39 is 0 Å². The highest BCUT2D eigenvalue weighted by molar-refractivity contribution is 5.93. The van der Waals surface area contributed by atoms with Gasteiger partial charge in [-0.15, -0.1) is 24.8 Å². The summed E-state index contributed by atoms with van der Waals surface area (Å²) >= 11 is 0. The van der Waals surface area contributed by atoms with Crippen LogP contribution in [0.25, 0.3) is 5.65 Å². The van der Waals surface area contributed by atoms with Gasteiger partial charge in [0.15, 0.2) is 0 Å². The highest BCUT2D eigenvalue weighted by Crippen LogP contribution is 2.31. The number of amides is 2. The monoisotopic (exact) mass is 427 g/mol. The summed E-state index contributed by atoms with van der Waals surface area (Å²) in [5, 5.41) is 0. The van der Waals surface area contributed by atoms with Gasteiger partial charge < -0.3 is 19.9 Å². The lowest BCUT2D eigenvalue weighted by Gasteiger charge is -2.46. The van der Waals surface area contributed by atoms with Gasteiger partial charge in [-0.05, 0) is 37.8 Å². The molecular formula is C19H27Cl2N5O2. The first-order valence-electron chi connectivity index (χ1n) is 9.32. The highest BCUT2D eigenvalue weighted by Gasteiger charge is 2.40. The molecule has 2 saturated heterocycles. The predicted octanol–water partition coefficient (Wildman–Crippen LogP) is 1.90. The van der Waals surface area contributed by atoms with Crippen molar-refractivity contribution >= 4 is 42.3 Å². The first kappa shape index (κ1) is 22.5. The number of carbonyl (C=O) groups excluding carboxylic acids is 2. The lowest BCUT2D eigenvalue weighted by molar-refractivity contribution is -0.140. The molecule has 2 aromatic rings. The minimum Gasteiger partial charge on any atom is -0.338 e. The highest BCUT2D eigenvalue weighted by atomic mass is 35.5. The van der Waals surface area contributed by atoms with Crippen molar-refractivity contribution in [3.8, 4) is 0 Å². The first-order chi connectivity index (χ1) is 12.6. The lowest BCUT2D eigenvalue weighted by Crippen LogP contribution is -2.57. The maximum atomic E-state index is 13.0. The molecule has 0 saturated carbocycles. The van der Waals surface area contributed by atoms with E-state index in [4.69, 9.17) is 5.73 Å². The van der Waals surface area contributed by atoms with Gasteiger partial charge in [-0.3, -0.25) is 9.59 Å². The second kappa shape index (κ2) is 9.11. The van der Waals surface area contributed by atoms with Crippen LogP contribution in [-0.2, 0) is 4.79 Å². The van der Waals surface area contributed by atoms with Gasteiger partial charge in [-0.2, -0.15) is 0 Å². The van der Waals surface area contributed by atoms with Crippen molar-refractivity contribution in [3.05, 3.63) is 35.8 Å². The van der Waals surface area contributed by atoms with Crippen LogP contribution in [0.4, 0.5) is 0 Å². The molecule has 0 spiro atoms. The van der Waals surface area contributed by atoms with E-state index in [1.807, 2.05) is 45.5 Å². The number of rotatable bonds is 3. The van der Waals surface area contributed by atoms with Gasteiger partial charge in [0.2, 0.25) is 5.91 Å². The third-order valence-electron chi connectivity index (χ3n) is 5.72. The molecule has 9 heteroatoms. The molecule has 2 N–H and O–H groups in total. The number of nitrogens with two attached hydrogens (primary N) is 1. The van der Waals surface area contributed by atoms with E-state index in [1.54, 1.807) is 0 Å². The molecule has 2 aliphatic heterocycles. The van der Waals surface area contributed by atoms with Gasteiger partial charge in [0.25, 0.3) is 5.91 Å². The molecule has 0 bridgehead atoms. The SMILES string of the molecule is Cc1cccc2nc(C(=O)N3CC[C@@H]4[C@@H](CCC(=O)N4CCN)C3)cn12.Cl.Cl. The number of aryl methyl sites for hydroxylation is 1. The first-order valence-corrected chi connectivity index (χ1v) is 9.32. The van der Waals surface area contributed by atoms with E-state index in [0.29, 0.717) is 44.2 Å². The average molecular weight is 428 g/mol. The molecule has 154 valence electrons. The third-order valence-corrected chi connectivity index (χ3v) is 5.72. The zero-order valence-corrected chi connectivity index (χ0v) is 17.5. The standard InChI is InChI=1S/C19H25N5O2.2ClH/c1-13-3-2-4-17-21-15(12-24(13)17)19(26)22-9-7-16-14(11-22)5-6-18(25)23(16)10-8-20;;/h2-4,12,14,16H,5-11,20H2,1H3;2*1H/t14-,16+;;/m0../s1. The smallest absolute Gasteiger partial charge is 0.274 e. The molecular weight excluding hydrogens is 401 g/mol. The Balaban J connectivity index is 0.00000140. The Morgan fingerprint density at radius 1 is 1.29 bits per heavy atom. The van der Waals surface area contributed by atoms with E-state index >= 15 is 0 Å². The van der Waals surface area contributed by atoms with Crippen LogP contribution in [0.15, 0.2) is 24.4 Å². The fraction of sp³-hybridized carbons (Fsp3) is 0.526. The quantitative estimate of drug-likeness (QED) is 0.810. The molecule has 2 atom stereocenters. The Labute approximate surface area is 177 Å². The number of likely N-dealkylation sites (tertiary alicyclic amines) is 2. The van der Waals surface area contributed by atoms with Crippen LogP contribution in [0.1, 0.15) is 35.4 Å². The van der Waals surface area contributed by atoms with Crippen LogP contribution < -0.4 is 5.73 Å². The number of aromatic nitrogens is 2. The number of fused-ring (bicyclic) bond motifs is 2. The Bertz CT molecular complexity index is 856. The molecule has 7 nitrogen and oxygen atoms in total. The van der Waals surface area contributed by atoms with E-state index in [0.717, 1.165) is 24.2 Å². The van der Waals surface area contributed by atoms with E-state index in [-0.39, 0.29) is 42.7 Å². The Morgan fingerprint density at radius 2 is 2.07 bits per heavy atom. The van der Waals surface area contributed by atoms with E-state index in [1.165, 1.54) is 0 Å². The molecule has 0 aromatic carbocycles. The number of piperidine rings is 2. The lowest BCUT2D eigenvalue weighted by atomic mass is 9.83. The van der Waals surface area contributed by atoms with E-state index in [2.05, 4.69) is 4.98 Å². The Morgan fingerprint density at radius 3 is 2.79 bits per heavy atom. The number of nitrogens with zero attached hydrogens (tertiary/aromatic N) is 4. The summed E-state index contributed by atoms with van der Waals surface area (Å²) in [6.45, 7) is 4.43. The normalized spacial score (nSPS) is 21.7. The number of hydrogen-bond acceptors (Lipinski definition) is 4. The summed E-state index contributed by atoms with van der Waals surface area (Å²) in [6.07, 6.45) is 4.04. The summed E-state index contributed by atoms with van der Waals surface area (Å²) in [7, 11) is 0. The number of hydrogen-bond donors (Lipinski definition) is 1. The maximum absolute atomic E-state index is 13.0. The predicted molar refractivity (Wildman–Crippen MR) is 112 cm³/mol. The summed E-state index contributed by atoms with van der Waals surface area (Å²) in [5.41, 5.74) is 8.01. The van der Waals surface area contributed by atoms with Gasteiger partial charge in [-0.1, -0.05) is 6.07 Å². The largest absolute Gasteiger partial charge is 0.338 e. The summed E-state index contributed by atoms with van der Waals surface area (Å²) in [5.74, 6) is 0.511. The van der Waals surface area contributed by atoms with Crippen molar-refractivity contribution in [3.63, 3.8) is 0 Å². The molecule has 0 aliphatic carbocycles. The van der Waals surface area contributed by atoms with Gasteiger partial charge in [-0.25, -0.2) is 4.98 Å². The van der Waals surface area contributed by atoms with Crippen LogP contribution in [0.2, 0.25) is 0 Å². The van der Waals surface area contributed by atoms with Gasteiger partial charge in [0.05, 0.1) is 0 Å². The molecule has 4 rings (SSSR count). The van der Waals surface area contributed by atoms with Crippen LogP contribution in [0.5, 0.6) is 0 Å². The summed E-state index contributed by atoms with van der Waals surface area (Å²) < 4.78 is 1.95. The second-order valence-corrected chi connectivity index (χ2v) is 7.30. The van der Waals surface area contributed by atoms with Crippen molar-refractivity contribution < 1.29 is 9.59 Å². The van der Waals surface area contributed by atoms with Crippen LogP contribution in [0.3, 0.4) is 0 Å². The molecule has 2 amide bonds.